The lowest BCUT2D eigenvalue weighted by Gasteiger charge is -2.31. The van der Waals surface area contributed by atoms with Crippen LogP contribution in [0.1, 0.15) is 113 Å². The molecular weight excluding hydrogens is 778 g/mol. The number of nitrogens with zero attached hydrogens (tertiary/aromatic N) is 4. The molecule has 314 valence electrons. The highest BCUT2D eigenvalue weighted by atomic mass is 19.4. The zero-order chi connectivity index (χ0) is 42.8. The number of hydrogen-bond donors (Lipinski definition) is 3. The summed E-state index contributed by atoms with van der Waals surface area (Å²) < 4.78 is 47.6. The molecule has 0 atom stereocenters. The normalized spacial score (nSPS) is 17.2. The molecule has 60 heavy (non-hydrogen) atoms. The minimum Gasteiger partial charge on any atom is -0.457 e. The fourth-order valence-corrected chi connectivity index (χ4v) is 8.04. The Morgan fingerprint density at radius 1 is 0.950 bits per heavy atom. The van der Waals surface area contributed by atoms with Gasteiger partial charge in [-0.2, -0.15) is 18.3 Å². The third kappa shape index (κ3) is 9.74. The van der Waals surface area contributed by atoms with Gasteiger partial charge in [0.25, 0.3) is 23.5 Å². The molecule has 2 aliphatic rings. The van der Waals surface area contributed by atoms with Crippen LogP contribution in [0.3, 0.4) is 0 Å². The third-order valence-electron chi connectivity index (χ3n) is 11.2. The number of ether oxygens (including phenoxy) is 1. The van der Waals surface area contributed by atoms with Crippen LogP contribution in [0.15, 0.2) is 79.0 Å². The van der Waals surface area contributed by atoms with Crippen LogP contribution < -0.4 is 15.4 Å². The summed E-state index contributed by atoms with van der Waals surface area (Å²) in [7, 11) is 2.17. The number of benzene rings is 3. The minimum absolute atomic E-state index is 0.0332. The monoisotopic (exact) mass is 824 g/mol. The Hall–Kier alpha value is -5.93. The molecule has 0 saturated heterocycles. The van der Waals surface area contributed by atoms with Crippen molar-refractivity contribution >= 4 is 40.1 Å². The van der Waals surface area contributed by atoms with E-state index in [1.807, 2.05) is 35.1 Å². The number of amides is 3. The molecule has 0 bridgehead atoms. The number of carbonyl (C=O) groups excluding carboxylic acids is 4. The fraction of sp³-hybridized carbons (Fsp3) is 0.378. The summed E-state index contributed by atoms with van der Waals surface area (Å²) in [5, 5.41) is 21.3. The Balaban J connectivity index is 0.855. The van der Waals surface area contributed by atoms with Crippen molar-refractivity contribution < 1.29 is 42.2 Å². The SMILES string of the molecule is CN(CCCCCc1ccc(Oc2cccc3c2C(=O)NC(=O)C3=O)cc1)C[C@H]1CC[C@H](n2cc3cc(NC(=O)c4cccc(C(F)(F)F)n4)c(C(C)(C)O)cc3n2)CC1. The van der Waals surface area contributed by atoms with E-state index in [1.165, 1.54) is 17.7 Å². The maximum Gasteiger partial charge on any atom is 0.433 e. The molecule has 3 N–H and O–H groups in total. The van der Waals surface area contributed by atoms with E-state index in [0.29, 0.717) is 22.7 Å². The van der Waals surface area contributed by atoms with Gasteiger partial charge in [-0.1, -0.05) is 30.7 Å². The largest absolute Gasteiger partial charge is 0.457 e. The van der Waals surface area contributed by atoms with E-state index in [-0.39, 0.29) is 34.3 Å². The van der Waals surface area contributed by atoms with E-state index in [0.717, 1.165) is 82.0 Å². The van der Waals surface area contributed by atoms with Crippen LogP contribution in [0.4, 0.5) is 18.9 Å². The number of anilines is 1. The second-order valence-corrected chi connectivity index (χ2v) is 16.3. The Kier molecular flexibility index (Phi) is 12.2. The van der Waals surface area contributed by atoms with Crippen molar-refractivity contribution in [2.45, 2.75) is 83.0 Å². The van der Waals surface area contributed by atoms with Crippen LogP contribution in [0.25, 0.3) is 10.9 Å². The van der Waals surface area contributed by atoms with Crippen LogP contribution in [-0.4, -0.2) is 68.4 Å². The molecule has 0 unspecified atom stereocenters. The van der Waals surface area contributed by atoms with Crippen LogP contribution in [0.5, 0.6) is 11.5 Å². The molecule has 0 radical (unpaired) electrons. The Bertz CT molecular complexity index is 2420. The predicted molar refractivity (Wildman–Crippen MR) is 218 cm³/mol. The number of nitrogens with one attached hydrogen (secondary N) is 2. The molecule has 7 rings (SSSR count). The number of aromatic nitrogens is 3. The van der Waals surface area contributed by atoms with Gasteiger partial charge in [0, 0.05) is 34.9 Å². The molecule has 1 aliphatic carbocycles. The molecule has 12 nitrogen and oxygen atoms in total. The van der Waals surface area contributed by atoms with Gasteiger partial charge in [0.1, 0.15) is 22.9 Å². The standard InChI is InChI=1S/C45H47F3N6O6/c1-44(2,59)33-24-35-29(23-36(33)50-41(56)34-11-8-13-38(49-34)45(46,47)48)26-54(52-35)30-18-14-28(15-19-30)25-53(3)22-6-4-5-9-27-16-20-31(21-17-27)60-37-12-7-10-32-39(37)42(57)51-43(58)40(32)55/h7-8,10-13,16-17,20-21,23-24,26,28,30,59H,4-6,9,14-15,18-19,22,25H2,1-3H3,(H,50,56)(H,51,57,58)/t28-,30-. The maximum absolute atomic E-state index is 13.2. The molecule has 1 fully saturated rings. The average molecular weight is 825 g/mol. The first-order chi connectivity index (χ1) is 28.5. The Morgan fingerprint density at radius 3 is 2.40 bits per heavy atom. The molecule has 5 aromatic rings. The maximum atomic E-state index is 13.2. The predicted octanol–water partition coefficient (Wildman–Crippen LogP) is 8.25. The van der Waals surface area contributed by atoms with Crippen molar-refractivity contribution in [2.75, 3.05) is 25.5 Å². The molecule has 2 aromatic heterocycles. The molecule has 3 aromatic carbocycles. The molecule has 3 amide bonds. The van der Waals surface area contributed by atoms with E-state index in [1.54, 1.807) is 38.1 Å². The van der Waals surface area contributed by atoms with E-state index < -0.39 is 41.0 Å². The van der Waals surface area contributed by atoms with Gasteiger partial charge in [-0.15, -0.1) is 0 Å². The lowest BCUT2D eigenvalue weighted by atomic mass is 9.86. The van der Waals surface area contributed by atoms with Crippen molar-refractivity contribution in [2.24, 2.45) is 5.92 Å². The first-order valence-corrected chi connectivity index (χ1v) is 20.1. The fourth-order valence-electron chi connectivity index (χ4n) is 8.04. The summed E-state index contributed by atoms with van der Waals surface area (Å²) in [6.07, 6.45) is 5.40. The lowest BCUT2D eigenvalue weighted by Crippen LogP contribution is -2.42. The number of aliphatic hydroxyl groups is 1. The molecule has 1 saturated carbocycles. The van der Waals surface area contributed by atoms with Gasteiger partial charge >= 0.3 is 6.18 Å². The number of ketones is 1. The number of Topliss-reactive ketones (excluding diaryl/α,β-unsaturated/α-hetero) is 1. The summed E-state index contributed by atoms with van der Waals surface area (Å²) >= 11 is 0. The van der Waals surface area contributed by atoms with Crippen LogP contribution in [0.2, 0.25) is 0 Å². The topological polar surface area (TPSA) is 156 Å². The number of hydrogen-bond acceptors (Lipinski definition) is 9. The number of unbranched alkanes of at least 4 members (excludes halogenated alkanes) is 2. The first kappa shape index (κ1) is 42.2. The zero-order valence-electron chi connectivity index (χ0n) is 33.6. The van der Waals surface area contributed by atoms with Gasteiger partial charge < -0.3 is 20.1 Å². The number of rotatable bonds is 14. The number of halogens is 3. The van der Waals surface area contributed by atoms with E-state index >= 15 is 0 Å². The molecule has 15 heteroatoms. The number of aryl methyl sites for hydroxylation is 1. The van der Waals surface area contributed by atoms with E-state index in [9.17, 15) is 37.5 Å². The third-order valence-corrected chi connectivity index (χ3v) is 11.2. The van der Waals surface area contributed by atoms with Gasteiger partial charge in [-0.25, -0.2) is 4.98 Å². The lowest BCUT2D eigenvalue weighted by molar-refractivity contribution is -0.141. The highest BCUT2D eigenvalue weighted by Crippen LogP contribution is 2.37. The summed E-state index contributed by atoms with van der Waals surface area (Å²) in [4.78, 5) is 55.3. The Labute approximate surface area is 345 Å². The Morgan fingerprint density at radius 2 is 1.68 bits per heavy atom. The second-order valence-electron chi connectivity index (χ2n) is 16.3. The summed E-state index contributed by atoms with van der Waals surface area (Å²) in [6, 6.07) is 19.0. The summed E-state index contributed by atoms with van der Waals surface area (Å²) in [6.45, 7) is 5.17. The number of imide groups is 1. The minimum atomic E-state index is -4.69. The number of alkyl halides is 3. The van der Waals surface area contributed by atoms with Crippen LogP contribution >= 0.6 is 0 Å². The van der Waals surface area contributed by atoms with Crippen molar-refractivity contribution in [3.05, 3.63) is 113 Å². The average Bonchev–Trinajstić information content (AvgIpc) is 3.63. The van der Waals surface area contributed by atoms with Gasteiger partial charge in [0.05, 0.1) is 22.7 Å². The smallest absolute Gasteiger partial charge is 0.433 e. The summed E-state index contributed by atoms with van der Waals surface area (Å²) in [5.74, 6) is -1.88. The van der Waals surface area contributed by atoms with Crippen molar-refractivity contribution in [3.8, 4) is 11.5 Å². The van der Waals surface area contributed by atoms with Gasteiger partial charge in [0.15, 0.2) is 0 Å². The highest BCUT2D eigenvalue weighted by molar-refractivity contribution is 6.49. The number of fused-ring (bicyclic) bond motifs is 2. The van der Waals surface area contributed by atoms with Crippen LogP contribution in [0, 0.1) is 5.92 Å². The van der Waals surface area contributed by atoms with Crippen molar-refractivity contribution in [1.29, 1.82) is 0 Å². The van der Waals surface area contributed by atoms with Crippen LogP contribution in [-0.2, 0) is 23.0 Å². The van der Waals surface area contributed by atoms with Crippen molar-refractivity contribution in [3.63, 3.8) is 0 Å². The highest BCUT2D eigenvalue weighted by Gasteiger charge is 2.34. The van der Waals surface area contributed by atoms with Gasteiger partial charge in [-0.3, -0.25) is 29.2 Å². The molecule has 1 aliphatic heterocycles. The molecule has 3 heterocycles. The zero-order valence-corrected chi connectivity index (χ0v) is 33.6. The van der Waals surface area contributed by atoms with E-state index in [4.69, 9.17) is 9.84 Å². The number of pyridine rings is 1. The van der Waals surface area contributed by atoms with Gasteiger partial charge in [-0.05, 0) is 132 Å². The first-order valence-electron chi connectivity index (χ1n) is 20.1. The molecule has 0 spiro atoms. The number of carbonyl (C=O) groups is 4. The van der Waals surface area contributed by atoms with E-state index in [2.05, 4.69) is 27.6 Å². The van der Waals surface area contributed by atoms with Crippen molar-refractivity contribution in [1.82, 2.24) is 25.0 Å². The second kappa shape index (κ2) is 17.3. The quantitative estimate of drug-likeness (QED) is 0.0570. The van der Waals surface area contributed by atoms with Gasteiger partial charge in [0.2, 0.25) is 0 Å². The molecular formula is C45H47F3N6O6. The summed E-state index contributed by atoms with van der Waals surface area (Å²) in [5.41, 5.74) is -0.369.